The molecule has 1 aromatic heterocycles. The molecule has 0 bridgehead atoms. The van der Waals surface area contributed by atoms with Crippen molar-refractivity contribution in [3.63, 3.8) is 0 Å². The van der Waals surface area contributed by atoms with E-state index in [4.69, 9.17) is 4.98 Å². The van der Waals surface area contributed by atoms with Gasteiger partial charge in [0.25, 0.3) is 0 Å². The highest BCUT2D eigenvalue weighted by Gasteiger charge is 2.30. The summed E-state index contributed by atoms with van der Waals surface area (Å²) in [5, 5.41) is 10.4. The van der Waals surface area contributed by atoms with Gasteiger partial charge in [0.2, 0.25) is 5.91 Å². The summed E-state index contributed by atoms with van der Waals surface area (Å²) in [5.74, 6) is 1.68. The van der Waals surface area contributed by atoms with Crippen LogP contribution >= 0.6 is 0 Å². The zero-order valence-corrected chi connectivity index (χ0v) is 18.2. The molecule has 2 aromatic rings. The number of aromatic nitrogens is 1. The maximum atomic E-state index is 13.0. The summed E-state index contributed by atoms with van der Waals surface area (Å²) in [6, 6.07) is 12.1. The first kappa shape index (κ1) is 20.8. The minimum atomic E-state index is 0.233. The number of carbonyl (C=O) groups excluding carboxylic acids is 1. The number of pyridine rings is 1. The smallest absolute Gasteiger partial charge is 0.222 e. The number of carbonyl (C=O) groups is 1. The second-order valence-electron chi connectivity index (χ2n) is 9.35. The summed E-state index contributed by atoms with van der Waals surface area (Å²) in [5.41, 5.74) is 2.39. The normalized spacial score (nSPS) is 23.4. The Hall–Kier alpha value is -2.45. The van der Waals surface area contributed by atoms with Gasteiger partial charge in [-0.15, -0.1) is 0 Å². The number of likely N-dealkylation sites (tertiary alicyclic amines) is 2. The summed E-state index contributed by atoms with van der Waals surface area (Å²) in [7, 11) is 2.18. The molecule has 2 saturated heterocycles. The van der Waals surface area contributed by atoms with Crippen molar-refractivity contribution in [3.8, 4) is 6.07 Å². The van der Waals surface area contributed by atoms with Crippen molar-refractivity contribution in [1.82, 2.24) is 14.8 Å². The number of nitriles is 1. The summed E-state index contributed by atoms with van der Waals surface area (Å²) >= 11 is 0. The van der Waals surface area contributed by atoms with Gasteiger partial charge in [0, 0.05) is 36.5 Å². The van der Waals surface area contributed by atoms with Crippen LogP contribution < -0.4 is 0 Å². The van der Waals surface area contributed by atoms with Crippen LogP contribution in [-0.4, -0.2) is 53.9 Å². The van der Waals surface area contributed by atoms with Crippen LogP contribution in [0.3, 0.4) is 0 Å². The second-order valence-corrected chi connectivity index (χ2v) is 9.35. The predicted octanol–water partition coefficient (Wildman–Crippen LogP) is 4.18. The molecule has 0 aliphatic carbocycles. The fourth-order valence-corrected chi connectivity index (χ4v) is 5.09. The Morgan fingerprint density at radius 2 is 2.00 bits per heavy atom. The minimum absolute atomic E-state index is 0.233. The van der Waals surface area contributed by atoms with Gasteiger partial charge in [-0.05, 0) is 69.8 Å². The standard InChI is InChI=1S/C25H32N4O/c1-18-14-22(23-8-7-20-4-3-5-21(15-26)25(20)27-23)17-29(16-18)24(30)9-6-19-10-12-28(2)13-11-19/h3-5,7-8,18-19,22H,6,9-14,16-17H2,1-2H3. The van der Waals surface area contributed by atoms with Crippen LogP contribution in [-0.2, 0) is 4.79 Å². The third kappa shape index (κ3) is 4.65. The maximum absolute atomic E-state index is 13.0. The van der Waals surface area contributed by atoms with E-state index in [1.807, 2.05) is 18.2 Å². The molecule has 2 aliphatic heterocycles. The van der Waals surface area contributed by atoms with Crippen LogP contribution in [0.25, 0.3) is 10.9 Å². The minimum Gasteiger partial charge on any atom is -0.342 e. The number of para-hydroxylation sites is 1. The predicted molar refractivity (Wildman–Crippen MR) is 119 cm³/mol. The van der Waals surface area contributed by atoms with Crippen LogP contribution in [0.2, 0.25) is 0 Å². The molecule has 0 N–H and O–H groups in total. The fourth-order valence-electron chi connectivity index (χ4n) is 5.09. The molecule has 1 aromatic carbocycles. The number of nitrogens with zero attached hydrogens (tertiary/aromatic N) is 4. The van der Waals surface area contributed by atoms with Crippen LogP contribution in [0.1, 0.15) is 56.2 Å². The van der Waals surface area contributed by atoms with E-state index in [1.165, 1.54) is 12.8 Å². The molecule has 5 heteroatoms. The van der Waals surface area contributed by atoms with Crippen LogP contribution in [0.4, 0.5) is 0 Å². The Balaban J connectivity index is 1.43. The zero-order chi connectivity index (χ0) is 21.1. The molecule has 5 nitrogen and oxygen atoms in total. The third-order valence-electron chi connectivity index (χ3n) is 6.90. The van der Waals surface area contributed by atoms with E-state index < -0.39 is 0 Å². The van der Waals surface area contributed by atoms with Crippen molar-refractivity contribution in [2.75, 3.05) is 33.2 Å². The van der Waals surface area contributed by atoms with Gasteiger partial charge in [-0.3, -0.25) is 9.78 Å². The molecular weight excluding hydrogens is 372 g/mol. The van der Waals surface area contributed by atoms with Crippen LogP contribution in [0, 0.1) is 23.2 Å². The average molecular weight is 405 g/mol. The molecule has 3 heterocycles. The van der Waals surface area contributed by atoms with Gasteiger partial charge in [0.05, 0.1) is 11.1 Å². The number of hydrogen-bond donors (Lipinski definition) is 0. The van der Waals surface area contributed by atoms with Crippen molar-refractivity contribution in [1.29, 1.82) is 5.26 Å². The monoisotopic (exact) mass is 404 g/mol. The first-order valence-electron chi connectivity index (χ1n) is 11.3. The summed E-state index contributed by atoms with van der Waals surface area (Å²) < 4.78 is 0. The van der Waals surface area contributed by atoms with Crippen molar-refractivity contribution < 1.29 is 4.79 Å². The lowest BCUT2D eigenvalue weighted by atomic mass is 9.87. The van der Waals surface area contributed by atoms with E-state index in [2.05, 4.69) is 42.0 Å². The van der Waals surface area contributed by atoms with E-state index >= 15 is 0 Å². The van der Waals surface area contributed by atoms with Crippen LogP contribution in [0.15, 0.2) is 30.3 Å². The molecular formula is C25H32N4O. The number of piperidine rings is 2. The van der Waals surface area contributed by atoms with E-state index in [0.717, 1.165) is 55.6 Å². The van der Waals surface area contributed by atoms with Gasteiger partial charge in [0.1, 0.15) is 6.07 Å². The van der Waals surface area contributed by atoms with Gasteiger partial charge in [0.15, 0.2) is 0 Å². The molecule has 4 rings (SSSR count). The number of rotatable bonds is 4. The highest BCUT2D eigenvalue weighted by molar-refractivity contribution is 5.84. The largest absolute Gasteiger partial charge is 0.342 e. The Morgan fingerprint density at radius 3 is 2.77 bits per heavy atom. The topological polar surface area (TPSA) is 60.2 Å². The molecule has 2 fully saturated rings. The number of amides is 1. The quantitative estimate of drug-likeness (QED) is 0.767. The van der Waals surface area contributed by atoms with Gasteiger partial charge in [-0.2, -0.15) is 5.26 Å². The van der Waals surface area contributed by atoms with Gasteiger partial charge in [-0.1, -0.05) is 25.1 Å². The molecule has 2 unspecified atom stereocenters. The Bertz CT molecular complexity index is 942. The number of hydrogen-bond acceptors (Lipinski definition) is 4. The van der Waals surface area contributed by atoms with Crippen molar-refractivity contribution >= 4 is 16.8 Å². The first-order chi connectivity index (χ1) is 14.5. The van der Waals surface area contributed by atoms with Crippen molar-refractivity contribution in [2.24, 2.45) is 11.8 Å². The highest BCUT2D eigenvalue weighted by atomic mass is 16.2. The third-order valence-corrected chi connectivity index (χ3v) is 6.90. The summed E-state index contributed by atoms with van der Waals surface area (Å²) in [6.07, 6.45) is 5.14. The van der Waals surface area contributed by atoms with Crippen molar-refractivity contribution in [3.05, 3.63) is 41.6 Å². The Morgan fingerprint density at radius 1 is 1.20 bits per heavy atom. The number of fused-ring (bicyclic) bond motifs is 1. The average Bonchev–Trinajstić information content (AvgIpc) is 2.77. The molecule has 2 atom stereocenters. The Labute approximate surface area is 179 Å². The second kappa shape index (κ2) is 9.14. The molecule has 2 aliphatic rings. The van der Waals surface area contributed by atoms with Crippen molar-refractivity contribution in [2.45, 2.75) is 44.9 Å². The van der Waals surface area contributed by atoms with Gasteiger partial charge >= 0.3 is 0 Å². The van der Waals surface area contributed by atoms with E-state index in [-0.39, 0.29) is 5.92 Å². The molecule has 0 spiro atoms. The fraction of sp³-hybridized carbons (Fsp3) is 0.560. The van der Waals surface area contributed by atoms with Gasteiger partial charge < -0.3 is 9.80 Å². The maximum Gasteiger partial charge on any atom is 0.222 e. The lowest BCUT2D eigenvalue weighted by molar-refractivity contribution is -0.133. The van der Waals surface area contributed by atoms with E-state index in [9.17, 15) is 10.1 Å². The molecule has 0 saturated carbocycles. The van der Waals surface area contributed by atoms with E-state index in [1.54, 1.807) is 0 Å². The van der Waals surface area contributed by atoms with Gasteiger partial charge in [-0.25, -0.2) is 0 Å². The lowest BCUT2D eigenvalue weighted by Gasteiger charge is -2.37. The first-order valence-corrected chi connectivity index (χ1v) is 11.3. The van der Waals surface area contributed by atoms with E-state index in [0.29, 0.717) is 29.7 Å². The molecule has 158 valence electrons. The zero-order valence-electron chi connectivity index (χ0n) is 18.2. The molecule has 30 heavy (non-hydrogen) atoms. The molecule has 0 radical (unpaired) electrons. The molecule has 1 amide bonds. The highest BCUT2D eigenvalue weighted by Crippen LogP contribution is 2.31. The SMILES string of the molecule is CC1CC(c2ccc3cccc(C#N)c3n2)CN(C(=O)CCC2CCN(C)CC2)C1. The lowest BCUT2D eigenvalue weighted by Crippen LogP contribution is -2.43. The summed E-state index contributed by atoms with van der Waals surface area (Å²) in [6.45, 7) is 6.12. The Kier molecular flexibility index (Phi) is 6.34. The number of benzene rings is 1. The summed E-state index contributed by atoms with van der Waals surface area (Å²) in [4.78, 5) is 22.3. The van der Waals surface area contributed by atoms with Crippen LogP contribution in [0.5, 0.6) is 0 Å².